The second kappa shape index (κ2) is 8.18. The van der Waals surface area contributed by atoms with Crippen LogP contribution in [0.5, 0.6) is 11.5 Å². The zero-order valence-electron chi connectivity index (χ0n) is 15.4. The standard InChI is InChI=1S/C21H21ClN2O3/c1-13(23-18-11-16(22)19(26-2)12-20(18)27-3)21(25)24-17-10-6-8-14-7-4-5-9-15(14)17/h4-13,23H,1-3H3,(H,24,25). The molecule has 3 aromatic carbocycles. The molecule has 1 unspecified atom stereocenters. The van der Waals surface area contributed by atoms with Crippen molar-refractivity contribution in [2.75, 3.05) is 24.9 Å². The number of hydrogen-bond acceptors (Lipinski definition) is 4. The van der Waals surface area contributed by atoms with E-state index in [4.69, 9.17) is 21.1 Å². The van der Waals surface area contributed by atoms with Crippen LogP contribution < -0.4 is 20.1 Å². The second-order valence-corrected chi connectivity index (χ2v) is 6.48. The zero-order valence-corrected chi connectivity index (χ0v) is 16.1. The summed E-state index contributed by atoms with van der Waals surface area (Å²) in [5.41, 5.74) is 1.38. The first-order chi connectivity index (χ1) is 13.0. The van der Waals surface area contributed by atoms with Crippen molar-refractivity contribution >= 4 is 39.7 Å². The number of anilines is 2. The van der Waals surface area contributed by atoms with Gasteiger partial charge in [0.1, 0.15) is 17.5 Å². The lowest BCUT2D eigenvalue weighted by molar-refractivity contribution is -0.116. The quantitative estimate of drug-likeness (QED) is 0.631. The summed E-state index contributed by atoms with van der Waals surface area (Å²) in [4.78, 5) is 12.7. The highest BCUT2D eigenvalue weighted by Crippen LogP contribution is 2.36. The lowest BCUT2D eigenvalue weighted by Crippen LogP contribution is -2.32. The Hall–Kier alpha value is -2.92. The predicted octanol–water partition coefficient (Wildman–Crippen LogP) is 4.95. The molecule has 0 aliphatic carbocycles. The second-order valence-electron chi connectivity index (χ2n) is 6.07. The molecule has 1 atom stereocenters. The van der Waals surface area contributed by atoms with Crippen LogP contribution in [0.3, 0.4) is 0 Å². The minimum Gasteiger partial charge on any atom is -0.495 e. The Balaban J connectivity index is 1.79. The van der Waals surface area contributed by atoms with Crippen LogP contribution in [-0.4, -0.2) is 26.2 Å². The Morgan fingerprint density at radius 1 is 0.963 bits per heavy atom. The van der Waals surface area contributed by atoms with Crippen LogP contribution in [0.4, 0.5) is 11.4 Å². The third kappa shape index (κ3) is 4.09. The molecule has 1 amide bonds. The van der Waals surface area contributed by atoms with E-state index in [1.165, 1.54) is 7.11 Å². The van der Waals surface area contributed by atoms with Crippen LogP contribution in [0, 0.1) is 0 Å². The Morgan fingerprint density at radius 2 is 1.67 bits per heavy atom. The number of amides is 1. The first-order valence-electron chi connectivity index (χ1n) is 8.50. The van der Waals surface area contributed by atoms with Gasteiger partial charge in [0.15, 0.2) is 0 Å². The van der Waals surface area contributed by atoms with Crippen LogP contribution >= 0.6 is 11.6 Å². The Morgan fingerprint density at radius 3 is 2.41 bits per heavy atom. The van der Waals surface area contributed by atoms with Crippen molar-refractivity contribution < 1.29 is 14.3 Å². The molecule has 0 heterocycles. The minimum atomic E-state index is -0.512. The number of nitrogens with one attached hydrogen (secondary N) is 2. The lowest BCUT2D eigenvalue weighted by atomic mass is 10.1. The first-order valence-corrected chi connectivity index (χ1v) is 8.88. The van der Waals surface area contributed by atoms with E-state index in [9.17, 15) is 4.79 Å². The van der Waals surface area contributed by atoms with Gasteiger partial charge in [0, 0.05) is 17.1 Å². The van der Waals surface area contributed by atoms with E-state index >= 15 is 0 Å². The molecule has 0 radical (unpaired) electrons. The van der Waals surface area contributed by atoms with Crippen molar-refractivity contribution in [2.24, 2.45) is 0 Å². The zero-order chi connectivity index (χ0) is 19.4. The number of hydrogen-bond donors (Lipinski definition) is 2. The van der Waals surface area contributed by atoms with E-state index < -0.39 is 6.04 Å². The van der Waals surface area contributed by atoms with Crippen molar-refractivity contribution in [3.8, 4) is 11.5 Å². The fourth-order valence-corrected chi connectivity index (χ4v) is 3.09. The third-order valence-electron chi connectivity index (χ3n) is 4.29. The predicted molar refractivity (Wildman–Crippen MR) is 110 cm³/mol. The maximum atomic E-state index is 12.7. The van der Waals surface area contributed by atoms with E-state index in [1.54, 1.807) is 26.2 Å². The molecule has 0 aliphatic heterocycles. The number of rotatable bonds is 6. The molecule has 5 nitrogen and oxygen atoms in total. The SMILES string of the molecule is COc1cc(OC)c(NC(C)C(=O)Nc2cccc3ccccc23)cc1Cl. The van der Waals surface area contributed by atoms with Crippen LogP contribution in [-0.2, 0) is 4.79 Å². The molecule has 3 aromatic rings. The Bertz CT molecular complexity index is 970. The highest BCUT2D eigenvalue weighted by atomic mass is 35.5. The van der Waals surface area contributed by atoms with Crippen molar-refractivity contribution in [3.63, 3.8) is 0 Å². The highest BCUT2D eigenvalue weighted by molar-refractivity contribution is 6.32. The molecule has 2 N–H and O–H groups in total. The van der Waals surface area contributed by atoms with E-state index in [1.807, 2.05) is 42.5 Å². The van der Waals surface area contributed by atoms with Gasteiger partial charge in [0.05, 0.1) is 24.9 Å². The number of carbonyl (C=O) groups excluding carboxylic acids is 1. The van der Waals surface area contributed by atoms with Gasteiger partial charge < -0.3 is 20.1 Å². The molecule has 0 saturated carbocycles. The van der Waals surface area contributed by atoms with Crippen LogP contribution in [0.25, 0.3) is 10.8 Å². The van der Waals surface area contributed by atoms with Gasteiger partial charge in [-0.2, -0.15) is 0 Å². The summed E-state index contributed by atoms with van der Waals surface area (Å²) in [6.07, 6.45) is 0. The molecule has 0 spiro atoms. The average molecular weight is 385 g/mol. The molecule has 3 rings (SSSR count). The van der Waals surface area contributed by atoms with E-state index in [0.29, 0.717) is 22.2 Å². The maximum Gasteiger partial charge on any atom is 0.246 e. The number of fused-ring (bicyclic) bond motifs is 1. The Kier molecular flexibility index (Phi) is 5.72. The van der Waals surface area contributed by atoms with Crippen molar-refractivity contribution in [2.45, 2.75) is 13.0 Å². The summed E-state index contributed by atoms with van der Waals surface area (Å²) >= 11 is 6.20. The van der Waals surface area contributed by atoms with Crippen molar-refractivity contribution in [1.29, 1.82) is 0 Å². The molecule has 0 aromatic heterocycles. The normalized spacial score (nSPS) is 11.7. The van der Waals surface area contributed by atoms with Gasteiger partial charge in [-0.3, -0.25) is 4.79 Å². The summed E-state index contributed by atoms with van der Waals surface area (Å²) in [5, 5.41) is 8.62. The van der Waals surface area contributed by atoms with Gasteiger partial charge >= 0.3 is 0 Å². The third-order valence-corrected chi connectivity index (χ3v) is 4.58. The lowest BCUT2D eigenvalue weighted by Gasteiger charge is -2.19. The highest BCUT2D eigenvalue weighted by Gasteiger charge is 2.17. The van der Waals surface area contributed by atoms with E-state index in [0.717, 1.165) is 16.5 Å². The summed E-state index contributed by atoms with van der Waals surface area (Å²) < 4.78 is 10.6. The molecule has 27 heavy (non-hydrogen) atoms. The largest absolute Gasteiger partial charge is 0.495 e. The van der Waals surface area contributed by atoms with Gasteiger partial charge in [-0.25, -0.2) is 0 Å². The summed E-state index contributed by atoms with van der Waals surface area (Å²) in [6, 6.07) is 16.6. The molecule has 0 saturated heterocycles. The summed E-state index contributed by atoms with van der Waals surface area (Å²) in [6.45, 7) is 1.78. The molecule has 0 fully saturated rings. The van der Waals surface area contributed by atoms with Gasteiger partial charge in [-0.05, 0) is 24.4 Å². The Labute approximate surface area is 163 Å². The average Bonchev–Trinajstić information content (AvgIpc) is 2.68. The molecule has 0 aliphatic rings. The number of carbonyl (C=O) groups is 1. The topological polar surface area (TPSA) is 59.6 Å². The van der Waals surface area contributed by atoms with Gasteiger partial charge in [-0.15, -0.1) is 0 Å². The monoisotopic (exact) mass is 384 g/mol. The number of ether oxygens (including phenoxy) is 2. The van der Waals surface area contributed by atoms with Gasteiger partial charge in [0.2, 0.25) is 5.91 Å². The van der Waals surface area contributed by atoms with Crippen LogP contribution in [0.15, 0.2) is 54.6 Å². The van der Waals surface area contributed by atoms with Crippen molar-refractivity contribution in [3.05, 3.63) is 59.6 Å². The minimum absolute atomic E-state index is 0.166. The van der Waals surface area contributed by atoms with Gasteiger partial charge in [0.25, 0.3) is 0 Å². The fraction of sp³-hybridized carbons (Fsp3) is 0.190. The van der Waals surface area contributed by atoms with Crippen LogP contribution in [0.1, 0.15) is 6.92 Å². The van der Waals surface area contributed by atoms with E-state index in [2.05, 4.69) is 10.6 Å². The molecular weight excluding hydrogens is 364 g/mol. The number of methoxy groups -OCH3 is 2. The first kappa shape index (κ1) is 18.9. The number of halogens is 1. The summed E-state index contributed by atoms with van der Waals surface area (Å²) in [5.74, 6) is 0.883. The molecule has 0 bridgehead atoms. The van der Waals surface area contributed by atoms with Crippen molar-refractivity contribution in [1.82, 2.24) is 0 Å². The number of benzene rings is 3. The molecule has 140 valence electrons. The molecular formula is C21H21ClN2O3. The van der Waals surface area contributed by atoms with Gasteiger partial charge in [-0.1, -0.05) is 48.0 Å². The maximum absolute atomic E-state index is 12.7. The summed E-state index contributed by atoms with van der Waals surface area (Å²) in [7, 11) is 3.09. The fourth-order valence-electron chi connectivity index (χ4n) is 2.85. The molecule has 6 heteroatoms. The van der Waals surface area contributed by atoms with Crippen LogP contribution in [0.2, 0.25) is 5.02 Å². The smallest absolute Gasteiger partial charge is 0.246 e. The van der Waals surface area contributed by atoms with E-state index in [-0.39, 0.29) is 5.91 Å².